The molecule has 1 N–H and O–H groups in total. The Kier molecular flexibility index (Phi) is 6.63. The molecule has 1 fully saturated rings. The van der Waals surface area contributed by atoms with E-state index < -0.39 is 5.97 Å². The Bertz CT molecular complexity index is 1090. The van der Waals surface area contributed by atoms with Gasteiger partial charge in [0.05, 0.1) is 12.3 Å². The zero-order valence-corrected chi connectivity index (χ0v) is 18.7. The van der Waals surface area contributed by atoms with Crippen LogP contribution >= 0.6 is 11.3 Å². The highest BCUT2D eigenvalue weighted by molar-refractivity contribution is 7.17. The topological polar surface area (TPSA) is 71.5 Å². The monoisotopic (exact) mass is 437 g/mol. The SMILES string of the molecule is CCOC(=O)c1sc(NC(=O)CCN(Cc2cccc3ccccc23)C2CC2)nc1C. The average molecular weight is 438 g/mol. The number of esters is 1. The Morgan fingerprint density at radius 3 is 2.74 bits per heavy atom. The number of fused-ring (bicyclic) bond motifs is 1. The van der Waals surface area contributed by atoms with Crippen LogP contribution in [0.5, 0.6) is 0 Å². The number of hydrogen-bond acceptors (Lipinski definition) is 6. The number of nitrogens with zero attached hydrogens (tertiary/aromatic N) is 2. The van der Waals surface area contributed by atoms with E-state index >= 15 is 0 Å². The van der Waals surface area contributed by atoms with Gasteiger partial charge in [-0.2, -0.15) is 0 Å². The Morgan fingerprint density at radius 2 is 1.97 bits per heavy atom. The minimum Gasteiger partial charge on any atom is -0.462 e. The predicted molar refractivity (Wildman–Crippen MR) is 123 cm³/mol. The molecular weight excluding hydrogens is 410 g/mol. The lowest BCUT2D eigenvalue weighted by atomic mass is 10.0. The summed E-state index contributed by atoms with van der Waals surface area (Å²) in [4.78, 5) is 31.7. The van der Waals surface area contributed by atoms with Crippen molar-refractivity contribution in [3.63, 3.8) is 0 Å². The van der Waals surface area contributed by atoms with Crippen molar-refractivity contribution >= 4 is 39.1 Å². The number of benzene rings is 2. The summed E-state index contributed by atoms with van der Waals surface area (Å²) in [6, 6.07) is 15.4. The van der Waals surface area contributed by atoms with Gasteiger partial charge in [-0.15, -0.1) is 0 Å². The summed E-state index contributed by atoms with van der Waals surface area (Å²) in [5, 5.41) is 5.79. The maximum Gasteiger partial charge on any atom is 0.350 e. The zero-order chi connectivity index (χ0) is 21.8. The first-order valence-corrected chi connectivity index (χ1v) is 11.5. The molecule has 0 aliphatic heterocycles. The van der Waals surface area contributed by atoms with E-state index in [0.717, 1.165) is 17.9 Å². The van der Waals surface area contributed by atoms with Gasteiger partial charge in [0.25, 0.3) is 0 Å². The van der Waals surface area contributed by atoms with Gasteiger partial charge in [-0.3, -0.25) is 9.69 Å². The van der Waals surface area contributed by atoms with Crippen LogP contribution in [0.3, 0.4) is 0 Å². The summed E-state index contributed by atoms with van der Waals surface area (Å²) in [5.74, 6) is -0.485. The number of thiazole rings is 1. The van der Waals surface area contributed by atoms with Crippen molar-refractivity contribution in [1.82, 2.24) is 9.88 Å². The first-order chi connectivity index (χ1) is 15.0. The van der Waals surface area contributed by atoms with Crippen LogP contribution in [0.2, 0.25) is 0 Å². The quantitative estimate of drug-likeness (QED) is 0.488. The molecule has 1 aromatic heterocycles. The molecular formula is C24H27N3O3S. The minimum atomic E-state index is -0.395. The molecule has 0 unspecified atom stereocenters. The summed E-state index contributed by atoms with van der Waals surface area (Å²) in [5.41, 5.74) is 1.87. The molecule has 7 heteroatoms. The van der Waals surface area contributed by atoms with Crippen LogP contribution in [0.1, 0.15) is 47.1 Å². The van der Waals surface area contributed by atoms with Crippen LogP contribution in [-0.4, -0.2) is 41.0 Å². The molecule has 0 atom stereocenters. The maximum atomic E-state index is 12.6. The molecule has 0 bridgehead atoms. The van der Waals surface area contributed by atoms with Crippen molar-refractivity contribution in [2.45, 2.75) is 45.7 Å². The number of rotatable bonds is 9. The number of aromatic nitrogens is 1. The highest BCUT2D eigenvalue weighted by atomic mass is 32.1. The minimum absolute atomic E-state index is 0.0901. The van der Waals surface area contributed by atoms with Gasteiger partial charge in [0, 0.05) is 25.6 Å². The Morgan fingerprint density at radius 1 is 1.19 bits per heavy atom. The third-order valence-electron chi connectivity index (χ3n) is 5.45. The normalized spacial score (nSPS) is 13.5. The molecule has 2 aromatic carbocycles. The molecule has 1 amide bonds. The van der Waals surface area contributed by atoms with Crippen molar-refractivity contribution in [3.05, 3.63) is 58.6 Å². The van der Waals surface area contributed by atoms with Crippen molar-refractivity contribution in [2.24, 2.45) is 0 Å². The van der Waals surface area contributed by atoms with E-state index in [1.165, 1.54) is 29.2 Å². The molecule has 0 saturated heterocycles. The Labute approximate surface area is 186 Å². The van der Waals surface area contributed by atoms with Gasteiger partial charge in [0.2, 0.25) is 5.91 Å². The number of ether oxygens (including phenoxy) is 1. The molecule has 4 rings (SSSR count). The molecule has 0 radical (unpaired) electrons. The first-order valence-electron chi connectivity index (χ1n) is 10.7. The fraction of sp³-hybridized carbons (Fsp3) is 0.375. The standard InChI is InChI=1S/C24H27N3O3S/c1-3-30-23(29)22-16(2)25-24(31-22)26-21(28)13-14-27(19-11-12-19)15-18-9-6-8-17-7-4-5-10-20(17)18/h4-10,19H,3,11-15H2,1-2H3,(H,25,26,28). The summed E-state index contributed by atoms with van der Waals surface area (Å²) in [7, 11) is 0. The van der Waals surface area contributed by atoms with E-state index in [-0.39, 0.29) is 5.91 Å². The maximum absolute atomic E-state index is 12.6. The zero-order valence-electron chi connectivity index (χ0n) is 17.9. The molecule has 1 saturated carbocycles. The van der Waals surface area contributed by atoms with Gasteiger partial charge < -0.3 is 10.1 Å². The van der Waals surface area contributed by atoms with Gasteiger partial charge >= 0.3 is 5.97 Å². The van der Waals surface area contributed by atoms with Gasteiger partial charge in [0.1, 0.15) is 4.88 Å². The first kappa shape index (κ1) is 21.5. The van der Waals surface area contributed by atoms with E-state index in [1.54, 1.807) is 13.8 Å². The molecule has 162 valence electrons. The molecule has 31 heavy (non-hydrogen) atoms. The van der Waals surface area contributed by atoms with E-state index in [1.807, 2.05) is 0 Å². The lowest BCUT2D eigenvalue weighted by molar-refractivity contribution is -0.116. The van der Waals surface area contributed by atoms with Gasteiger partial charge in [0.15, 0.2) is 5.13 Å². The van der Waals surface area contributed by atoms with Crippen LogP contribution in [0.15, 0.2) is 42.5 Å². The molecule has 3 aromatic rings. The molecule has 0 spiro atoms. The van der Waals surface area contributed by atoms with Gasteiger partial charge in [-0.25, -0.2) is 9.78 Å². The predicted octanol–water partition coefficient (Wildman–Crippen LogP) is 4.77. The van der Waals surface area contributed by atoms with Crippen LogP contribution in [-0.2, 0) is 16.1 Å². The smallest absolute Gasteiger partial charge is 0.350 e. The number of hydrogen-bond donors (Lipinski definition) is 1. The van der Waals surface area contributed by atoms with Crippen LogP contribution in [0.4, 0.5) is 5.13 Å². The third-order valence-corrected chi connectivity index (χ3v) is 6.50. The highest BCUT2D eigenvalue weighted by Crippen LogP contribution is 2.30. The van der Waals surface area contributed by atoms with Crippen molar-refractivity contribution in [2.75, 3.05) is 18.5 Å². The van der Waals surface area contributed by atoms with Crippen molar-refractivity contribution in [1.29, 1.82) is 0 Å². The molecule has 1 heterocycles. The second-order valence-electron chi connectivity index (χ2n) is 7.79. The Balaban J connectivity index is 1.37. The van der Waals surface area contributed by atoms with Crippen molar-refractivity contribution in [3.8, 4) is 0 Å². The summed E-state index contributed by atoms with van der Waals surface area (Å²) in [6.07, 6.45) is 2.75. The largest absolute Gasteiger partial charge is 0.462 e. The summed E-state index contributed by atoms with van der Waals surface area (Å²) < 4.78 is 5.04. The fourth-order valence-corrected chi connectivity index (χ4v) is 4.62. The number of carbonyl (C=O) groups is 2. The fourth-order valence-electron chi connectivity index (χ4n) is 3.74. The van der Waals surface area contributed by atoms with Crippen LogP contribution < -0.4 is 5.32 Å². The second kappa shape index (κ2) is 9.58. The van der Waals surface area contributed by atoms with E-state index in [9.17, 15) is 9.59 Å². The van der Waals surface area contributed by atoms with E-state index in [0.29, 0.717) is 41.3 Å². The lowest BCUT2D eigenvalue weighted by Gasteiger charge is -2.22. The summed E-state index contributed by atoms with van der Waals surface area (Å²) >= 11 is 1.16. The number of anilines is 1. The number of aryl methyl sites for hydroxylation is 1. The average Bonchev–Trinajstić information content (AvgIpc) is 3.54. The van der Waals surface area contributed by atoms with Crippen LogP contribution in [0, 0.1) is 6.92 Å². The van der Waals surface area contributed by atoms with E-state index in [4.69, 9.17) is 4.74 Å². The van der Waals surface area contributed by atoms with Gasteiger partial charge in [-0.05, 0) is 43.0 Å². The molecule has 1 aliphatic rings. The third kappa shape index (κ3) is 5.29. The van der Waals surface area contributed by atoms with Crippen LogP contribution in [0.25, 0.3) is 10.8 Å². The lowest BCUT2D eigenvalue weighted by Crippen LogP contribution is -2.29. The van der Waals surface area contributed by atoms with Crippen molar-refractivity contribution < 1.29 is 14.3 Å². The molecule has 6 nitrogen and oxygen atoms in total. The second-order valence-corrected chi connectivity index (χ2v) is 8.79. The number of amides is 1. The summed E-state index contributed by atoms with van der Waals surface area (Å²) in [6.45, 7) is 5.35. The highest BCUT2D eigenvalue weighted by Gasteiger charge is 2.29. The van der Waals surface area contributed by atoms with E-state index in [2.05, 4.69) is 57.7 Å². The molecule has 1 aliphatic carbocycles. The number of carbonyl (C=O) groups excluding carboxylic acids is 2. The number of nitrogens with one attached hydrogen (secondary N) is 1. The Hall–Kier alpha value is -2.77. The van der Waals surface area contributed by atoms with Gasteiger partial charge in [-0.1, -0.05) is 53.8 Å².